The van der Waals surface area contributed by atoms with E-state index in [0.29, 0.717) is 10.0 Å². The summed E-state index contributed by atoms with van der Waals surface area (Å²) in [7, 11) is 0. The molecule has 0 radical (unpaired) electrons. The van der Waals surface area contributed by atoms with Crippen LogP contribution in [-0.4, -0.2) is 0 Å². The fraction of sp³-hybridized carbons (Fsp3) is 0. The molecular weight excluding hydrogens is 261 g/mol. The molecule has 0 amide bonds. The molecule has 2 N–H and O–H groups in total. The molecule has 0 heterocycles. The molecule has 0 atom stereocenters. The summed E-state index contributed by atoms with van der Waals surface area (Å²) < 4.78 is 0. The number of nitrogen functional groups attached to an aromatic ring is 1. The summed E-state index contributed by atoms with van der Waals surface area (Å²) in [5.74, 6) is 0. The van der Waals surface area contributed by atoms with E-state index >= 15 is 0 Å². The monoisotopic (exact) mass is 269 g/mol. The maximum atomic E-state index is 6.09. The zero-order valence-corrected chi connectivity index (χ0v) is 10.6. The lowest BCUT2D eigenvalue weighted by atomic mass is 10.3. The first-order valence-electron chi connectivity index (χ1n) is 4.65. The van der Waals surface area contributed by atoms with Crippen LogP contribution in [0.5, 0.6) is 0 Å². The Morgan fingerprint density at radius 3 is 2.12 bits per heavy atom. The Morgan fingerprint density at radius 2 is 1.50 bits per heavy atom. The van der Waals surface area contributed by atoms with Crippen LogP contribution in [0.2, 0.25) is 10.0 Å². The normalized spacial score (nSPS) is 10.4. The van der Waals surface area contributed by atoms with Crippen LogP contribution in [0.1, 0.15) is 0 Å². The van der Waals surface area contributed by atoms with Crippen LogP contribution in [0.15, 0.2) is 52.3 Å². The van der Waals surface area contributed by atoms with Crippen molar-refractivity contribution in [1.29, 1.82) is 0 Å². The van der Waals surface area contributed by atoms with Crippen LogP contribution in [0, 0.1) is 0 Å². The van der Waals surface area contributed by atoms with E-state index in [0.717, 1.165) is 15.5 Å². The third-order valence-electron chi connectivity index (χ3n) is 2.05. The Balaban J connectivity index is 2.38. The van der Waals surface area contributed by atoms with Gasteiger partial charge in [-0.05, 0) is 24.3 Å². The first-order chi connectivity index (χ1) is 7.68. The van der Waals surface area contributed by atoms with Crippen LogP contribution in [0.3, 0.4) is 0 Å². The molecule has 0 aliphatic rings. The molecule has 4 heteroatoms. The number of benzene rings is 2. The summed E-state index contributed by atoms with van der Waals surface area (Å²) in [5.41, 5.74) is 6.59. The molecule has 0 spiro atoms. The number of anilines is 1. The van der Waals surface area contributed by atoms with Crippen molar-refractivity contribution < 1.29 is 0 Å². The highest BCUT2D eigenvalue weighted by molar-refractivity contribution is 7.99. The van der Waals surface area contributed by atoms with Gasteiger partial charge in [-0.1, -0.05) is 53.2 Å². The lowest BCUT2D eigenvalue weighted by Gasteiger charge is -2.08. The molecule has 0 aliphatic heterocycles. The second-order valence-corrected chi connectivity index (χ2v) is 5.06. The van der Waals surface area contributed by atoms with Gasteiger partial charge < -0.3 is 5.73 Å². The number of nitrogens with two attached hydrogens (primary N) is 1. The van der Waals surface area contributed by atoms with Crippen molar-refractivity contribution >= 4 is 40.7 Å². The summed E-state index contributed by atoms with van der Waals surface area (Å²) in [4.78, 5) is 1.79. The molecule has 2 rings (SSSR count). The van der Waals surface area contributed by atoms with Gasteiger partial charge in [0.2, 0.25) is 0 Å². The number of hydrogen-bond donors (Lipinski definition) is 1. The maximum absolute atomic E-state index is 6.09. The minimum atomic E-state index is 0.640. The van der Waals surface area contributed by atoms with E-state index in [1.54, 1.807) is 0 Å². The summed E-state index contributed by atoms with van der Waals surface area (Å²) in [6.45, 7) is 0. The number of hydrogen-bond acceptors (Lipinski definition) is 2. The molecule has 1 nitrogen and oxygen atoms in total. The molecule has 16 heavy (non-hydrogen) atoms. The summed E-state index contributed by atoms with van der Waals surface area (Å²) >= 11 is 13.6. The lowest BCUT2D eigenvalue weighted by Crippen LogP contribution is -1.87. The molecule has 0 saturated carbocycles. The van der Waals surface area contributed by atoms with Gasteiger partial charge in [0.25, 0.3) is 0 Å². The van der Waals surface area contributed by atoms with Gasteiger partial charge in [0.1, 0.15) is 0 Å². The molecule has 0 fully saturated rings. The van der Waals surface area contributed by atoms with E-state index in [4.69, 9.17) is 28.9 Å². The van der Waals surface area contributed by atoms with E-state index in [1.165, 1.54) is 11.8 Å². The van der Waals surface area contributed by atoms with Crippen molar-refractivity contribution in [2.45, 2.75) is 9.79 Å². The standard InChI is InChI=1S/C12H9Cl2NS/c13-8-4-3-5-9(14)12(8)16-11-7-2-1-6-10(11)15/h1-7H,15H2. The van der Waals surface area contributed by atoms with Crippen molar-refractivity contribution in [3.05, 3.63) is 52.5 Å². The third kappa shape index (κ3) is 2.46. The number of para-hydroxylation sites is 1. The largest absolute Gasteiger partial charge is 0.398 e. The smallest absolute Gasteiger partial charge is 0.0560 e. The zero-order valence-electron chi connectivity index (χ0n) is 8.28. The van der Waals surface area contributed by atoms with Gasteiger partial charge in [0.05, 0.1) is 10.0 Å². The highest BCUT2D eigenvalue weighted by Crippen LogP contribution is 2.40. The van der Waals surface area contributed by atoms with Gasteiger partial charge >= 0.3 is 0 Å². The van der Waals surface area contributed by atoms with Crippen molar-refractivity contribution in [3.8, 4) is 0 Å². The third-order valence-corrected chi connectivity index (χ3v) is 4.14. The Labute approximate surface area is 109 Å². The first kappa shape index (κ1) is 11.6. The predicted octanol–water partition coefficient (Wildman–Crippen LogP) is 4.73. The highest BCUT2D eigenvalue weighted by atomic mass is 35.5. The quantitative estimate of drug-likeness (QED) is 0.798. The molecule has 82 valence electrons. The van der Waals surface area contributed by atoms with E-state index < -0.39 is 0 Å². The van der Waals surface area contributed by atoms with Crippen LogP contribution in [-0.2, 0) is 0 Å². The fourth-order valence-corrected chi connectivity index (χ4v) is 2.78. The minimum Gasteiger partial charge on any atom is -0.398 e. The van der Waals surface area contributed by atoms with Crippen LogP contribution in [0.4, 0.5) is 5.69 Å². The van der Waals surface area contributed by atoms with Gasteiger partial charge in [-0.3, -0.25) is 0 Å². The molecule has 0 unspecified atom stereocenters. The van der Waals surface area contributed by atoms with Gasteiger partial charge in [-0.2, -0.15) is 0 Å². The molecular formula is C12H9Cl2NS. The summed E-state index contributed by atoms with van der Waals surface area (Å²) in [6.07, 6.45) is 0. The fourth-order valence-electron chi connectivity index (χ4n) is 1.26. The number of halogens is 2. The Morgan fingerprint density at radius 1 is 0.875 bits per heavy atom. The average molecular weight is 270 g/mol. The van der Waals surface area contributed by atoms with E-state index in [-0.39, 0.29) is 0 Å². The molecule has 0 bridgehead atoms. The Hall–Kier alpha value is -0.830. The van der Waals surface area contributed by atoms with Crippen LogP contribution < -0.4 is 5.73 Å². The Bertz CT molecular complexity index is 494. The van der Waals surface area contributed by atoms with Crippen LogP contribution in [0.25, 0.3) is 0 Å². The average Bonchev–Trinajstić information content (AvgIpc) is 2.26. The first-order valence-corrected chi connectivity index (χ1v) is 6.22. The highest BCUT2D eigenvalue weighted by Gasteiger charge is 2.08. The lowest BCUT2D eigenvalue weighted by molar-refractivity contribution is 1.41. The van der Waals surface area contributed by atoms with Gasteiger partial charge in [-0.15, -0.1) is 0 Å². The predicted molar refractivity (Wildman–Crippen MR) is 71.4 cm³/mol. The zero-order chi connectivity index (χ0) is 11.5. The second-order valence-electron chi connectivity index (χ2n) is 3.19. The SMILES string of the molecule is Nc1ccccc1Sc1c(Cl)cccc1Cl. The van der Waals surface area contributed by atoms with Gasteiger partial charge in [-0.25, -0.2) is 0 Å². The number of rotatable bonds is 2. The summed E-state index contributed by atoms with van der Waals surface area (Å²) in [6, 6.07) is 13.1. The molecule has 0 aliphatic carbocycles. The molecule has 0 saturated heterocycles. The van der Waals surface area contributed by atoms with Crippen molar-refractivity contribution in [2.75, 3.05) is 5.73 Å². The van der Waals surface area contributed by atoms with Crippen molar-refractivity contribution in [2.24, 2.45) is 0 Å². The van der Waals surface area contributed by atoms with Gasteiger partial charge in [0.15, 0.2) is 0 Å². The van der Waals surface area contributed by atoms with E-state index in [9.17, 15) is 0 Å². The van der Waals surface area contributed by atoms with Crippen molar-refractivity contribution in [1.82, 2.24) is 0 Å². The summed E-state index contributed by atoms with van der Waals surface area (Å²) in [5, 5.41) is 1.28. The van der Waals surface area contributed by atoms with E-state index in [2.05, 4.69) is 0 Å². The second kappa shape index (κ2) is 5.00. The molecule has 0 aromatic heterocycles. The molecule has 2 aromatic rings. The Kier molecular flexibility index (Phi) is 3.64. The molecule has 2 aromatic carbocycles. The maximum Gasteiger partial charge on any atom is 0.0560 e. The van der Waals surface area contributed by atoms with Crippen LogP contribution >= 0.6 is 35.0 Å². The van der Waals surface area contributed by atoms with Crippen molar-refractivity contribution in [3.63, 3.8) is 0 Å². The minimum absolute atomic E-state index is 0.640. The van der Waals surface area contributed by atoms with Gasteiger partial charge in [0, 0.05) is 15.5 Å². The van der Waals surface area contributed by atoms with E-state index in [1.807, 2.05) is 42.5 Å². The topological polar surface area (TPSA) is 26.0 Å².